The fraction of sp³-hybridized carbons (Fsp3) is 0.550. The second-order valence-electron chi connectivity index (χ2n) is 7.95. The molecule has 0 radical (unpaired) electrons. The van der Waals surface area contributed by atoms with E-state index in [9.17, 15) is 18.0 Å². The minimum Gasteiger partial charge on any atom is -0.333 e. The van der Waals surface area contributed by atoms with Crippen LogP contribution >= 0.6 is 0 Å². The van der Waals surface area contributed by atoms with E-state index in [0.717, 1.165) is 41.8 Å². The van der Waals surface area contributed by atoms with Crippen LogP contribution < -0.4 is 5.43 Å². The molecule has 0 spiro atoms. The van der Waals surface area contributed by atoms with Crippen molar-refractivity contribution in [2.45, 2.75) is 63.1 Å². The molecule has 1 N–H and O–H groups in total. The second-order valence-corrected chi connectivity index (χ2v) is 7.95. The number of alkyl halides is 2. The second kappa shape index (κ2) is 6.55. The highest BCUT2D eigenvalue weighted by Crippen LogP contribution is 2.43. The molecule has 1 aliphatic heterocycles. The van der Waals surface area contributed by atoms with E-state index < -0.39 is 23.8 Å². The third-order valence-corrected chi connectivity index (χ3v) is 5.62. The highest BCUT2D eigenvalue weighted by Gasteiger charge is 2.54. The van der Waals surface area contributed by atoms with Gasteiger partial charge in [0.25, 0.3) is 12.3 Å². The highest BCUT2D eigenvalue weighted by molar-refractivity contribution is 5.90. The molecule has 2 fully saturated rings. The van der Waals surface area contributed by atoms with Crippen LogP contribution in [0, 0.1) is 6.92 Å². The third-order valence-electron chi connectivity index (χ3n) is 5.62. The molecule has 27 heavy (non-hydrogen) atoms. The van der Waals surface area contributed by atoms with E-state index >= 15 is 0 Å². The Morgan fingerprint density at radius 3 is 2.56 bits per heavy atom. The number of benzene rings is 1. The zero-order valence-corrected chi connectivity index (χ0v) is 15.5. The zero-order valence-electron chi connectivity index (χ0n) is 15.5. The molecule has 1 aromatic carbocycles. The summed E-state index contributed by atoms with van der Waals surface area (Å²) in [5, 5.41) is 0.845. The molecule has 1 unspecified atom stereocenters. The molecule has 0 bridgehead atoms. The van der Waals surface area contributed by atoms with Crippen LogP contribution in [0.25, 0.3) is 0 Å². The first-order valence-corrected chi connectivity index (χ1v) is 9.40. The van der Waals surface area contributed by atoms with Gasteiger partial charge in [-0.25, -0.2) is 14.2 Å². The number of nitrogens with zero attached hydrogens (tertiary/aromatic N) is 2. The smallest absolute Gasteiger partial charge is 0.270 e. The summed E-state index contributed by atoms with van der Waals surface area (Å²) in [6.45, 7) is 2.27. The molecule has 0 aromatic heterocycles. The van der Waals surface area contributed by atoms with Gasteiger partial charge >= 0.3 is 0 Å². The summed E-state index contributed by atoms with van der Waals surface area (Å²) in [7, 11) is 1.29. The summed E-state index contributed by atoms with van der Waals surface area (Å²) >= 11 is 0. The molecular formula is C20H24F3N3O. The van der Waals surface area contributed by atoms with Crippen molar-refractivity contribution in [1.82, 2.24) is 15.3 Å². The Balaban J connectivity index is 1.66. The number of hydrogen-bond donors (Lipinski definition) is 1. The maximum atomic E-state index is 13.9. The molecule has 0 saturated heterocycles. The van der Waals surface area contributed by atoms with E-state index in [1.807, 2.05) is 19.1 Å². The van der Waals surface area contributed by atoms with Gasteiger partial charge in [0, 0.05) is 25.7 Å². The SMILES string of the molecule is Cc1ccc(C2CC2)c(CN(C(=O)C2(C(F)F)C=C(F)N(C)N2)C2CC2)c1. The molecule has 2 aliphatic carbocycles. The Hall–Kier alpha value is -2.02. The lowest BCUT2D eigenvalue weighted by molar-refractivity contribution is -0.145. The van der Waals surface area contributed by atoms with Gasteiger partial charge in [0.15, 0.2) is 5.54 Å². The average Bonchev–Trinajstić information content (AvgIpc) is 3.52. The van der Waals surface area contributed by atoms with Crippen LogP contribution in [0.2, 0.25) is 0 Å². The van der Waals surface area contributed by atoms with Crippen molar-refractivity contribution < 1.29 is 18.0 Å². The molecule has 4 rings (SSSR count). The zero-order chi connectivity index (χ0) is 19.3. The summed E-state index contributed by atoms with van der Waals surface area (Å²) < 4.78 is 41.7. The predicted octanol–water partition coefficient (Wildman–Crippen LogP) is 3.63. The molecule has 3 aliphatic rings. The average molecular weight is 379 g/mol. The van der Waals surface area contributed by atoms with E-state index in [4.69, 9.17) is 0 Å². The lowest BCUT2D eigenvalue weighted by Gasteiger charge is -2.34. The van der Waals surface area contributed by atoms with Gasteiger partial charge in [0.2, 0.25) is 5.95 Å². The quantitative estimate of drug-likeness (QED) is 0.767. The molecule has 1 aromatic rings. The topological polar surface area (TPSA) is 35.6 Å². The van der Waals surface area contributed by atoms with Crippen molar-refractivity contribution in [1.29, 1.82) is 0 Å². The van der Waals surface area contributed by atoms with Crippen molar-refractivity contribution in [2.75, 3.05) is 7.05 Å². The van der Waals surface area contributed by atoms with Crippen LogP contribution in [-0.2, 0) is 11.3 Å². The Kier molecular flexibility index (Phi) is 4.45. The van der Waals surface area contributed by atoms with Crippen molar-refractivity contribution >= 4 is 5.91 Å². The Labute approximate surface area is 157 Å². The number of carbonyl (C=O) groups excluding carboxylic acids is 1. The standard InChI is InChI=1S/C20H24F3N3O/c1-12-3-8-16(13-4-5-13)14(9-12)11-26(15-6-7-15)19(27)20(18(22)23)10-17(21)25(2)24-20/h3,8-10,13,15,18,24H,4-7,11H2,1-2H3. The van der Waals surface area contributed by atoms with Gasteiger partial charge in [-0.15, -0.1) is 0 Å². The maximum Gasteiger partial charge on any atom is 0.270 e. The maximum absolute atomic E-state index is 13.9. The van der Waals surface area contributed by atoms with Crippen LogP contribution in [0.4, 0.5) is 13.2 Å². The monoisotopic (exact) mass is 379 g/mol. The van der Waals surface area contributed by atoms with Gasteiger partial charge in [0.05, 0.1) is 0 Å². The Morgan fingerprint density at radius 1 is 1.33 bits per heavy atom. The largest absolute Gasteiger partial charge is 0.333 e. The summed E-state index contributed by atoms with van der Waals surface area (Å²) in [6, 6.07) is 6.11. The number of nitrogens with one attached hydrogen (secondary N) is 1. The molecule has 4 nitrogen and oxygen atoms in total. The summed E-state index contributed by atoms with van der Waals surface area (Å²) in [4.78, 5) is 14.7. The van der Waals surface area contributed by atoms with Crippen molar-refractivity contribution in [3.05, 3.63) is 46.9 Å². The molecule has 2 saturated carbocycles. The number of carbonyl (C=O) groups is 1. The van der Waals surface area contributed by atoms with E-state index in [-0.39, 0.29) is 12.6 Å². The first-order valence-electron chi connectivity index (χ1n) is 9.40. The van der Waals surface area contributed by atoms with Crippen LogP contribution in [0.1, 0.15) is 48.3 Å². The fourth-order valence-electron chi connectivity index (χ4n) is 3.80. The lowest BCUT2D eigenvalue weighted by atomic mass is 9.97. The first kappa shape index (κ1) is 18.3. The molecule has 146 valence electrons. The van der Waals surface area contributed by atoms with Gasteiger partial charge in [-0.3, -0.25) is 9.80 Å². The van der Waals surface area contributed by atoms with Gasteiger partial charge in [-0.1, -0.05) is 23.8 Å². The summed E-state index contributed by atoms with van der Waals surface area (Å²) in [5.74, 6) is -1.13. The molecular weight excluding hydrogens is 355 g/mol. The minimum absolute atomic E-state index is 0.0649. The van der Waals surface area contributed by atoms with E-state index in [1.54, 1.807) is 0 Å². The number of aryl methyl sites for hydroxylation is 1. The van der Waals surface area contributed by atoms with E-state index in [2.05, 4.69) is 11.5 Å². The first-order chi connectivity index (χ1) is 12.8. The van der Waals surface area contributed by atoms with Crippen molar-refractivity contribution in [3.8, 4) is 0 Å². The van der Waals surface area contributed by atoms with E-state index in [0.29, 0.717) is 12.0 Å². The molecule has 1 atom stereocenters. The van der Waals surface area contributed by atoms with Crippen LogP contribution in [0.3, 0.4) is 0 Å². The number of halogens is 3. The van der Waals surface area contributed by atoms with Gasteiger partial charge in [-0.2, -0.15) is 4.39 Å². The van der Waals surface area contributed by atoms with Crippen LogP contribution in [0.5, 0.6) is 0 Å². The Bertz CT molecular complexity index is 789. The number of amides is 1. The van der Waals surface area contributed by atoms with Crippen molar-refractivity contribution in [3.63, 3.8) is 0 Å². The van der Waals surface area contributed by atoms with Crippen molar-refractivity contribution in [2.24, 2.45) is 0 Å². The number of hydrazine groups is 1. The number of hydrogen-bond acceptors (Lipinski definition) is 3. The van der Waals surface area contributed by atoms with Gasteiger partial charge in [0.1, 0.15) is 0 Å². The minimum atomic E-state index is -3.05. The lowest BCUT2D eigenvalue weighted by Crippen LogP contribution is -2.61. The van der Waals surface area contributed by atoms with Gasteiger partial charge < -0.3 is 4.90 Å². The van der Waals surface area contributed by atoms with Crippen LogP contribution in [-0.4, -0.2) is 40.9 Å². The highest BCUT2D eigenvalue weighted by atomic mass is 19.3. The fourth-order valence-corrected chi connectivity index (χ4v) is 3.80. The Morgan fingerprint density at radius 2 is 2.04 bits per heavy atom. The molecule has 7 heteroatoms. The van der Waals surface area contributed by atoms with Crippen LogP contribution in [0.15, 0.2) is 30.2 Å². The third kappa shape index (κ3) is 3.33. The summed E-state index contributed by atoms with van der Waals surface area (Å²) in [5.41, 5.74) is 3.29. The van der Waals surface area contributed by atoms with Gasteiger partial charge in [-0.05, 0) is 49.7 Å². The molecule has 1 heterocycles. The predicted molar refractivity (Wildman–Crippen MR) is 95.6 cm³/mol. The van der Waals surface area contributed by atoms with E-state index in [1.165, 1.54) is 17.5 Å². The normalized spacial score (nSPS) is 25.1. The molecule has 1 amide bonds. The summed E-state index contributed by atoms with van der Waals surface area (Å²) in [6.07, 6.45) is 1.48. The number of rotatable bonds is 6.